The van der Waals surface area contributed by atoms with Crippen molar-refractivity contribution in [3.05, 3.63) is 69.5 Å². The van der Waals surface area contributed by atoms with Gasteiger partial charge in [0.1, 0.15) is 0 Å². The number of fused-ring (bicyclic) bond motifs is 1. The van der Waals surface area contributed by atoms with Gasteiger partial charge in [-0.2, -0.15) is 0 Å². The summed E-state index contributed by atoms with van der Waals surface area (Å²) in [4.78, 5) is 32.1. The van der Waals surface area contributed by atoms with Crippen LogP contribution in [0.25, 0.3) is 10.9 Å². The maximum atomic E-state index is 13.1. The first-order valence-electron chi connectivity index (χ1n) is 10.2. The zero-order chi connectivity index (χ0) is 22.2. The molecule has 0 spiro atoms. The van der Waals surface area contributed by atoms with Crippen LogP contribution >= 0.6 is 23.4 Å². The third-order valence-corrected chi connectivity index (χ3v) is 5.97. The molecule has 0 fully saturated rings. The molecule has 1 aromatic heterocycles. The molecule has 31 heavy (non-hydrogen) atoms. The standard InChI is InChI=1S/C23H26ClN3O3S/c1-3-30-13-7-12-27-22(29)19-11-10-18(24)14-20(19)25-23(27)31-16-21(28)26(2)15-17-8-5-4-6-9-17/h4-6,8-11,14H,3,7,12-13,15-16H2,1-2H3. The summed E-state index contributed by atoms with van der Waals surface area (Å²) in [7, 11) is 1.78. The van der Waals surface area contributed by atoms with Gasteiger partial charge in [0.25, 0.3) is 5.56 Å². The number of hydrogen-bond donors (Lipinski definition) is 0. The number of carbonyl (C=O) groups excluding carboxylic acids is 1. The Morgan fingerprint density at radius 3 is 2.74 bits per heavy atom. The molecule has 8 heteroatoms. The largest absolute Gasteiger partial charge is 0.382 e. The Kier molecular flexibility index (Phi) is 8.51. The van der Waals surface area contributed by atoms with Crippen molar-refractivity contribution in [3.63, 3.8) is 0 Å². The Bertz CT molecular complexity index is 1090. The van der Waals surface area contributed by atoms with E-state index in [0.29, 0.717) is 53.8 Å². The molecule has 3 rings (SSSR count). The molecule has 0 atom stereocenters. The number of aromatic nitrogens is 2. The number of halogens is 1. The highest BCUT2D eigenvalue weighted by atomic mass is 35.5. The Morgan fingerprint density at radius 1 is 1.23 bits per heavy atom. The number of hydrogen-bond acceptors (Lipinski definition) is 5. The van der Waals surface area contributed by atoms with E-state index in [1.165, 1.54) is 11.8 Å². The lowest BCUT2D eigenvalue weighted by molar-refractivity contribution is -0.127. The van der Waals surface area contributed by atoms with Gasteiger partial charge in [0.2, 0.25) is 5.91 Å². The van der Waals surface area contributed by atoms with Crippen molar-refractivity contribution < 1.29 is 9.53 Å². The van der Waals surface area contributed by atoms with E-state index in [1.54, 1.807) is 34.7 Å². The van der Waals surface area contributed by atoms with Crippen LogP contribution in [0, 0.1) is 0 Å². The smallest absolute Gasteiger partial charge is 0.262 e. The van der Waals surface area contributed by atoms with E-state index in [0.717, 1.165) is 5.56 Å². The molecular formula is C23H26ClN3O3S. The van der Waals surface area contributed by atoms with Crippen LogP contribution in [0.2, 0.25) is 5.02 Å². The van der Waals surface area contributed by atoms with E-state index < -0.39 is 0 Å². The minimum Gasteiger partial charge on any atom is -0.382 e. The minimum atomic E-state index is -0.134. The molecule has 0 N–H and O–H groups in total. The van der Waals surface area contributed by atoms with Crippen molar-refractivity contribution in [2.24, 2.45) is 0 Å². The fourth-order valence-electron chi connectivity index (χ4n) is 3.13. The molecule has 0 aliphatic carbocycles. The van der Waals surface area contributed by atoms with Crippen LogP contribution in [0.5, 0.6) is 0 Å². The predicted octanol–water partition coefficient (Wildman–Crippen LogP) is 4.23. The Labute approximate surface area is 191 Å². The minimum absolute atomic E-state index is 0.0323. The van der Waals surface area contributed by atoms with Crippen LogP contribution in [-0.4, -0.2) is 46.4 Å². The molecule has 0 aliphatic rings. The third-order valence-electron chi connectivity index (χ3n) is 4.77. The number of amides is 1. The molecule has 164 valence electrons. The summed E-state index contributed by atoms with van der Waals surface area (Å²) >= 11 is 7.36. The highest BCUT2D eigenvalue weighted by Gasteiger charge is 2.16. The Hall–Kier alpha value is -2.35. The average molecular weight is 460 g/mol. The van der Waals surface area contributed by atoms with Gasteiger partial charge in [0.05, 0.1) is 16.7 Å². The van der Waals surface area contributed by atoms with Gasteiger partial charge in [-0.3, -0.25) is 14.2 Å². The molecule has 0 unspecified atom stereocenters. The van der Waals surface area contributed by atoms with Gasteiger partial charge >= 0.3 is 0 Å². The molecular weight excluding hydrogens is 434 g/mol. The van der Waals surface area contributed by atoms with E-state index in [4.69, 9.17) is 16.3 Å². The number of carbonyl (C=O) groups is 1. The van der Waals surface area contributed by atoms with E-state index >= 15 is 0 Å². The molecule has 1 amide bonds. The fraction of sp³-hybridized carbons (Fsp3) is 0.348. The molecule has 0 radical (unpaired) electrons. The van der Waals surface area contributed by atoms with Crippen molar-refractivity contribution in [2.75, 3.05) is 26.0 Å². The highest BCUT2D eigenvalue weighted by molar-refractivity contribution is 7.99. The van der Waals surface area contributed by atoms with Crippen LogP contribution in [0.15, 0.2) is 58.5 Å². The van der Waals surface area contributed by atoms with Crippen LogP contribution in [0.4, 0.5) is 0 Å². The van der Waals surface area contributed by atoms with Crippen LogP contribution in [0.1, 0.15) is 18.9 Å². The van der Waals surface area contributed by atoms with Crippen molar-refractivity contribution in [1.82, 2.24) is 14.5 Å². The lowest BCUT2D eigenvalue weighted by atomic mass is 10.2. The van der Waals surface area contributed by atoms with Gasteiger partial charge in [-0.15, -0.1) is 0 Å². The highest BCUT2D eigenvalue weighted by Crippen LogP contribution is 2.21. The third kappa shape index (κ3) is 6.32. The summed E-state index contributed by atoms with van der Waals surface area (Å²) in [6.45, 7) is 4.13. The van der Waals surface area contributed by atoms with Crippen LogP contribution in [-0.2, 0) is 22.6 Å². The molecule has 0 aliphatic heterocycles. The zero-order valence-corrected chi connectivity index (χ0v) is 19.3. The molecule has 3 aromatic rings. The van der Waals surface area contributed by atoms with Crippen LogP contribution < -0.4 is 5.56 Å². The molecule has 6 nitrogen and oxygen atoms in total. The Morgan fingerprint density at radius 2 is 2.00 bits per heavy atom. The number of benzene rings is 2. The van der Waals surface area contributed by atoms with E-state index in [2.05, 4.69) is 4.98 Å². The second kappa shape index (κ2) is 11.3. The molecule has 2 aromatic carbocycles. The first kappa shape index (κ1) is 23.3. The second-order valence-corrected chi connectivity index (χ2v) is 8.47. The lowest BCUT2D eigenvalue weighted by Crippen LogP contribution is -2.29. The van der Waals surface area contributed by atoms with Crippen molar-refractivity contribution in [3.8, 4) is 0 Å². The lowest BCUT2D eigenvalue weighted by Gasteiger charge is -2.18. The topological polar surface area (TPSA) is 64.4 Å². The van der Waals surface area contributed by atoms with Gasteiger partial charge in [-0.05, 0) is 37.1 Å². The summed E-state index contributed by atoms with van der Waals surface area (Å²) in [5.41, 5.74) is 1.46. The number of ether oxygens (including phenoxy) is 1. The fourth-order valence-corrected chi connectivity index (χ4v) is 4.26. The quantitative estimate of drug-likeness (QED) is 0.258. The summed E-state index contributed by atoms with van der Waals surface area (Å²) in [5.74, 6) is 0.156. The predicted molar refractivity (Wildman–Crippen MR) is 126 cm³/mol. The number of nitrogens with zero attached hydrogens (tertiary/aromatic N) is 3. The van der Waals surface area contributed by atoms with Crippen molar-refractivity contribution in [2.45, 2.75) is 31.6 Å². The van der Waals surface area contributed by atoms with Gasteiger partial charge in [-0.1, -0.05) is 53.7 Å². The first-order valence-corrected chi connectivity index (χ1v) is 11.5. The van der Waals surface area contributed by atoms with E-state index in [9.17, 15) is 9.59 Å². The maximum absolute atomic E-state index is 13.1. The Balaban J connectivity index is 1.78. The summed E-state index contributed by atoms with van der Waals surface area (Å²) in [6.07, 6.45) is 0.684. The summed E-state index contributed by atoms with van der Waals surface area (Å²) < 4.78 is 7.03. The van der Waals surface area contributed by atoms with Gasteiger partial charge in [-0.25, -0.2) is 4.98 Å². The van der Waals surface area contributed by atoms with Crippen molar-refractivity contribution >= 4 is 40.2 Å². The normalized spacial score (nSPS) is 11.1. The molecule has 0 saturated carbocycles. The second-order valence-electron chi connectivity index (χ2n) is 7.09. The van der Waals surface area contributed by atoms with E-state index in [-0.39, 0.29) is 17.2 Å². The van der Waals surface area contributed by atoms with Gasteiger partial charge in [0.15, 0.2) is 5.16 Å². The van der Waals surface area contributed by atoms with E-state index in [1.807, 2.05) is 37.3 Å². The maximum Gasteiger partial charge on any atom is 0.262 e. The summed E-state index contributed by atoms with van der Waals surface area (Å²) in [6, 6.07) is 14.9. The molecule has 0 saturated heterocycles. The zero-order valence-electron chi connectivity index (χ0n) is 17.7. The van der Waals surface area contributed by atoms with Crippen LogP contribution in [0.3, 0.4) is 0 Å². The SMILES string of the molecule is CCOCCCn1c(SCC(=O)N(C)Cc2ccccc2)nc2cc(Cl)ccc2c1=O. The number of rotatable bonds is 10. The average Bonchev–Trinajstić information content (AvgIpc) is 2.76. The summed E-state index contributed by atoms with van der Waals surface area (Å²) in [5, 5.41) is 1.54. The first-order chi connectivity index (χ1) is 15.0. The number of thioether (sulfide) groups is 1. The molecule has 0 bridgehead atoms. The van der Waals surface area contributed by atoms with Crippen molar-refractivity contribution in [1.29, 1.82) is 0 Å². The van der Waals surface area contributed by atoms with Gasteiger partial charge < -0.3 is 9.64 Å². The monoisotopic (exact) mass is 459 g/mol. The molecule has 1 heterocycles. The van der Waals surface area contributed by atoms with Gasteiger partial charge in [0, 0.05) is 38.4 Å².